The number of hydrogen-bond donors (Lipinski definition) is 2. The zero-order chi connectivity index (χ0) is 14.0. The molecule has 1 aliphatic rings. The zero-order valence-corrected chi connectivity index (χ0v) is 10.3. The Morgan fingerprint density at radius 3 is 2.95 bits per heavy atom. The molecule has 0 radical (unpaired) electrons. The van der Waals surface area contributed by atoms with Crippen molar-refractivity contribution in [3.8, 4) is 0 Å². The van der Waals surface area contributed by atoms with Crippen LogP contribution in [0.15, 0.2) is 18.3 Å². The van der Waals surface area contributed by atoms with Crippen molar-refractivity contribution < 1.29 is 19.5 Å². The fourth-order valence-electron chi connectivity index (χ4n) is 2.06. The number of nitrogens with zero attached hydrogens (tertiary/aromatic N) is 2. The number of carboxylic acid groups (broad SMARTS) is 1. The van der Waals surface area contributed by atoms with Gasteiger partial charge in [-0.3, -0.25) is 14.9 Å². The van der Waals surface area contributed by atoms with Crippen LogP contribution in [0.4, 0.5) is 5.69 Å². The molecule has 1 aromatic rings. The number of aromatic carboxylic acids is 1. The summed E-state index contributed by atoms with van der Waals surface area (Å²) < 4.78 is 0. The number of imide groups is 1. The molecule has 0 bridgehead atoms. The number of anilines is 1. The molecule has 2 heterocycles. The van der Waals surface area contributed by atoms with Crippen molar-refractivity contribution >= 4 is 23.5 Å². The number of carbonyl (C=O) groups is 3. The average molecular weight is 263 g/mol. The average Bonchev–Trinajstić information content (AvgIpc) is 2.38. The largest absolute Gasteiger partial charge is 0.477 e. The molecule has 1 aromatic heterocycles. The molecule has 0 aliphatic carbocycles. The zero-order valence-electron chi connectivity index (χ0n) is 10.3. The quantitative estimate of drug-likeness (QED) is 0.746. The van der Waals surface area contributed by atoms with E-state index in [-0.39, 0.29) is 18.1 Å². The SMILES string of the molecule is CCC1C(=O)NC(=O)CN1c1ccnc(C(=O)O)c1. The van der Waals surface area contributed by atoms with Crippen molar-refractivity contribution in [1.29, 1.82) is 0 Å². The molecule has 0 aromatic carbocycles. The van der Waals surface area contributed by atoms with Gasteiger partial charge >= 0.3 is 5.97 Å². The lowest BCUT2D eigenvalue weighted by Gasteiger charge is -2.35. The maximum absolute atomic E-state index is 11.7. The molecule has 7 nitrogen and oxygen atoms in total. The highest BCUT2D eigenvalue weighted by Crippen LogP contribution is 2.21. The van der Waals surface area contributed by atoms with Crippen LogP contribution >= 0.6 is 0 Å². The molecule has 2 N–H and O–H groups in total. The number of amides is 2. The highest BCUT2D eigenvalue weighted by molar-refractivity contribution is 6.04. The number of rotatable bonds is 3. The molecular formula is C12H13N3O4. The van der Waals surface area contributed by atoms with Gasteiger partial charge in [0.05, 0.1) is 6.54 Å². The van der Waals surface area contributed by atoms with Crippen molar-refractivity contribution in [3.05, 3.63) is 24.0 Å². The standard InChI is InChI=1S/C12H13N3O4/c1-2-9-11(17)14-10(16)6-15(9)7-3-4-13-8(5-7)12(18)19/h3-5,9H,2,6H2,1H3,(H,18,19)(H,14,16,17). The molecule has 1 aliphatic heterocycles. The van der Waals surface area contributed by atoms with Crippen LogP contribution in [-0.2, 0) is 9.59 Å². The second kappa shape index (κ2) is 5.05. The van der Waals surface area contributed by atoms with E-state index in [1.807, 2.05) is 6.92 Å². The van der Waals surface area contributed by atoms with Crippen LogP contribution in [-0.4, -0.2) is 40.5 Å². The Morgan fingerprint density at radius 1 is 1.58 bits per heavy atom. The Kier molecular flexibility index (Phi) is 3.46. The van der Waals surface area contributed by atoms with Gasteiger partial charge in [-0.15, -0.1) is 0 Å². The monoisotopic (exact) mass is 263 g/mol. The van der Waals surface area contributed by atoms with Crippen molar-refractivity contribution in [1.82, 2.24) is 10.3 Å². The van der Waals surface area contributed by atoms with Gasteiger partial charge in [-0.25, -0.2) is 9.78 Å². The first-order valence-electron chi connectivity index (χ1n) is 5.82. The van der Waals surface area contributed by atoms with E-state index in [2.05, 4.69) is 10.3 Å². The summed E-state index contributed by atoms with van der Waals surface area (Å²) in [6, 6.07) is 2.46. The highest BCUT2D eigenvalue weighted by Gasteiger charge is 2.32. The second-order valence-corrected chi connectivity index (χ2v) is 4.17. The lowest BCUT2D eigenvalue weighted by Crippen LogP contribution is -2.58. The van der Waals surface area contributed by atoms with Gasteiger partial charge in [0.1, 0.15) is 11.7 Å². The molecule has 100 valence electrons. The molecule has 2 rings (SSSR count). The van der Waals surface area contributed by atoms with Crippen LogP contribution in [0.3, 0.4) is 0 Å². The van der Waals surface area contributed by atoms with E-state index in [1.165, 1.54) is 12.3 Å². The molecule has 1 unspecified atom stereocenters. The van der Waals surface area contributed by atoms with E-state index in [4.69, 9.17) is 5.11 Å². The normalized spacial score (nSPS) is 19.2. The molecule has 19 heavy (non-hydrogen) atoms. The van der Waals surface area contributed by atoms with E-state index < -0.39 is 17.9 Å². The summed E-state index contributed by atoms with van der Waals surface area (Å²) >= 11 is 0. The van der Waals surface area contributed by atoms with Crippen LogP contribution in [0.5, 0.6) is 0 Å². The van der Waals surface area contributed by atoms with Crippen LogP contribution in [0, 0.1) is 0 Å². The number of hydrogen-bond acceptors (Lipinski definition) is 5. The number of piperazine rings is 1. The van der Waals surface area contributed by atoms with E-state index in [1.54, 1.807) is 11.0 Å². The predicted octanol–water partition coefficient (Wildman–Crippen LogP) is 0.0212. The number of carboxylic acids is 1. The lowest BCUT2D eigenvalue weighted by atomic mass is 10.1. The van der Waals surface area contributed by atoms with Crippen LogP contribution < -0.4 is 10.2 Å². The van der Waals surface area contributed by atoms with Gasteiger partial charge in [-0.2, -0.15) is 0 Å². The number of carbonyl (C=O) groups excluding carboxylic acids is 2. The molecule has 0 spiro atoms. The van der Waals surface area contributed by atoms with Crippen molar-refractivity contribution in [3.63, 3.8) is 0 Å². The van der Waals surface area contributed by atoms with Crippen LogP contribution in [0.2, 0.25) is 0 Å². The summed E-state index contributed by atoms with van der Waals surface area (Å²) in [6.07, 6.45) is 1.87. The number of pyridine rings is 1. The van der Waals surface area contributed by atoms with E-state index in [9.17, 15) is 14.4 Å². The van der Waals surface area contributed by atoms with E-state index >= 15 is 0 Å². The van der Waals surface area contributed by atoms with Gasteiger partial charge in [0.25, 0.3) is 0 Å². The lowest BCUT2D eigenvalue weighted by molar-refractivity contribution is -0.132. The third-order valence-electron chi connectivity index (χ3n) is 2.94. The van der Waals surface area contributed by atoms with Crippen molar-refractivity contribution in [2.24, 2.45) is 0 Å². The Bertz CT molecular complexity index is 544. The summed E-state index contributed by atoms with van der Waals surface area (Å²) in [7, 11) is 0. The summed E-state index contributed by atoms with van der Waals surface area (Å²) in [5.74, 6) is -1.92. The Morgan fingerprint density at radius 2 is 2.32 bits per heavy atom. The Hall–Kier alpha value is -2.44. The maximum atomic E-state index is 11.7. The van der Waals surface area contributed by atoms with E-state index in [0.717, 1.165) is 0 Å². The summed E-state index contributed by atoms with van der Waals surface area (Å²) in [4.78, 5) is 39.4. The highest BCUT2D eigenvalue weighted by atomic mass is 16.4. The Balaban J connectivity index is 2.37. The van der Waals surface area contributed by atoms with Gasteiger partial charge in [0.15, 0.2) is 0 Å². The first-order chi connectivity index (χ1) is 9.02. The van der Waals surface area contributed by atoms with Gasteiger partial charge in [0, 0.05) is 11.9 Å². The third-order valence-corrected chi connectivity index (χ3v) is 2.94. The summed E-state index contributed by atoms with van der Waals surface area (Å²) in [5.41, 5.74) is 0.383. The summed E-state index contributed by atoms with van der Waals surface area (Å²) in [6.45, 7) is 1.85. The second-order valence-electron chi connectivity index (χ2n) is 4.17. The first kappa shape index (κ1) is 13.0. The van der Waals surface area contributed by atoms with Gasteiger partial charge in [-0.05, 0) is 18.6 Å². The summed E-state index contributed by atoms with van der Waals surface area (Å²) in [5, 5.41) is 11.2. The fraction of sp³-hybridized carbons (Fsp3) is 0.333. The first-order valence-corrected chi connectivity index (χ1v) is 5.82. The number of nitrogens with one attached hydrogen (secondary N) is 1. The van der Waals surface area contributed by atoms with Crippen LogP contribution in [0.25, 0.3) is 0 Å². The molecular weight excluding hydrogens is 250 g/mol. The van der Waals surface area contributed by atoms with Gasteiger partial charge in [0.2, 0.25) is 11.8 Å². The molecule has 1 saturated heterocycles. The van der Waals surface area contributed by atoms with Crippen LogP contribution in [0.1, 0.15) is 23.8 Å². The van der Waals surface area contributed by atoms with Crippen molar-refractivity contribution in [2.75, 3.05) is 11.4 Å². The van der Waals surface area contributed by atoms with Gasteiger partial charge in [-0.1, -0.05) is 6.92 Å². The predicted molar refractivity (Wildman–Crippen MR) is 65.8 cm³/mol. The minimum Gasteiger partial charge on any atom is -0.477 e. The smallest absolute Gasteiger partial charge is 0.354 e. The number of aromatic nitrogens is 1. The topological polar surface area (TPSA) is 99.6 Å². The fourth-order valence-corrected chi connectivity index (χ4v) is 2.06. The third kappa shape index (κ3) is 2.54. The molecule has 1 fully saturated rings. The molecule has 7 heteroatoms. The minimum absolute atomic E-state index is 0.0211. The van der Waals surface area contributed by atoms with E-state index in [0.29, 0.717) is 12.1 Å². The molecule has 0 saturated carbocycles. The molecule has 2 amide bonds. The van der Waals surface area contributed by atoms with Crippen molar-refractivity contribution in [2.45, 2.75) is 19.4 Å². The minimum atomic E-state index is -1.15. The molecule has 1 atom stereocenters. The van der Waals surface area contributed by atoms with Gasteiger partial charge < -0.3 is 10.0 Å². The Labute approximate surface area is 109 Å². The maximum Gasteiger partial charge on any atom is 0.354 e.